The summed E-state index contributed by atoms with van der Waals surface area (Å²) in [6.07, 6.45) is 6.63. The summed E-state index contributed by atoms with van der Waals surface area (Å²) in [6.45, 7) is 2.00. The number of pyridine rings is 1. The largest absolute Gasteiger partial charge is 0.465 e. The number of fused-ring (bicyclic) bond motifs is 1. The molecule has 0 atom stereocenters. The number of carbonyl (C=O) groups excluding carboxylic acids is 1. The van der Waals surface area contributed by atoms with Crippen LogP contribution in [0.25, 0.3) is 34.2 Å². The molecular formula is C28H26N4O3. The van der Waals surface area contributed by atoms with Crippen LogP contribution < -0.4 is 11.1 Å². The standard InChI is InChI=1S/C28H26N4O3/c1-18-16-21(10-13-23(29)33)26-30-24(25(32(26)17-18)20-6-3-2-4-7-20)19-8-11-22(12-9-19)28(14-5-15-28)31-27(34)35/h2-4,6-13,16-17,31H,5,14-15H2,1H3,(H2,29,33)(H,34,35)/b13-10+. The predicted molar refractivity (Wildman–Crippen MR) is 136 cm³/mol. The fraction of sp³-hybridized carbons (Fsp3) is 0.179. The monoisotopic (exact) mass is 466 g/mol. The molecule has 2 amide bonds. The van der Waals surface area contributed by atoms with Crippen LogP contribution in [-0.2, 0) is 10.3 Å². The summed E-state index contributed by atoms with van der Waals surface area (Å²) >= 11 is 0. The molecule has 0 aliphatic heterocycles. The van der Waals surface area contributed by atoms with Crippen molar-refractivity contribution in [2.45, 2.75) is 31.7 Å². The lowest BCUT2D eigenvalue weighted by atomic mass is 9.72. The number of aromatic nitrogens is 2. The van der Waals surface area contributed by atoms with Crippen LogP contribution in [0.4, 0.5) is 4.79 Å². The van der Waals surface area contributed by atoms with E-state index in [0.717, 1.165) is 58.5 Å². The predicted octanol–water partition coefficient (Wildman–Crippen LogP) is 5.12. The van der Waals surface area contributed by atoms with E-state index in [0.29, 0.717) is 5.65 Å². The van der Waals surface area contributed by atoms with Crippen molar-refractivity contribution in [1.29, 1.82) is 0 Å². The van der Waals surface area contributed by atoms with E-state index >= 15 is 0 Å². The van der Waals surface area contributed by atoms with Gasteiger partial charge in [0.25, 0.3) is 0 Å². The van der Waals surface area contributed by atoms with E-state index in [-0.39, 0.29) is 0 Å². The maximum absolute atomic E-state index is 11.4. The van der Waals surface area contributed by atoms with Crippen LogP contribution in [0, 0.1) is 6.92 Å². The molecule has 4 aromatic rings. The Morgan fingerprint density at radius 1 is 1.09 bits per heavy atom. The van der Waals surface area contributed by atoms with Crippen molar-refractivity contribution in [3.63, 3.8) is 0 Å². The van der Waals surface area contributed by atoms with E-state index in [4.69, 9.17) is 10.7 Å². The highest BCUT2D eigenvalue weighted by Gasteiger charge is 2.40. The van der Waals surface area contributed by atoms with Gasteiger partial charge >= 0.3 is 6.09 Å². The van der Waals surface area contributed by atoms with Gasteiger partial charge in [0.05, 0.1) is 16.9 Å². The molecule has 1 fully saturated rings. The zero-order chi connectivity index (χ0) is 24.6. The highest BCUT2D eigenvalue weighted by atomic mass is 16.4. The summed E-state index contributed by atoms with van der Waals surface area (Å²) in [7, 11) is 0. The molecule has 7 heteroatoms. The van der Waals surface area contributed by atoms with Gasteiger partial charge in [-0.25, -0.2) is 9.78 Å². The van der Waals surface area contributed by atoms with Crippen molar-refractivity contribution in [3.8, 4) is 22.5 Å². The van der Waals surface area contributed by atoms with Gasteiger partial charge in [-0.3, -0.25) is 9.20 Å². The molecule has 0 saturated heterocycles. The van der Waals surface area contributed by atoms with Gasteiger partial charge in [0, 0.05) is 29.0 Å². The Morgan fingerprint density at radius 2 is 1.80 bits per heavy atom. The van der Waals surface area contributed by atoms with Crippen LogP contribution in [-0.4, -0.2) is 26.5 Å². The number of nitrogens with zero attached hydrogens (tertiary/aromatic N) is 2. The van der Waals surface area contributed by atoms with Crippen LogP contribution in [0.2, 0.25) is 0 Å². The summed E-state index contributed by atoms with van der Waals surface area (Å²) in [4.78, 5) is 27.8. The number of carboxylic acid groups (broad SMARTS) is 1. The number of aryl methyl sites for hydroxylation is 1. The van der Waals surface area contributed by atoms with Crippen LogP contribution in [0.1, 0.15) is 36.0 Å². The van der Waals surface area contributed by atoms with Gasteiger partial charge in [0.2, 0.25) is 5.91 Å². The lowest BCUT2D eigenvalue weighted by Gasteiger charge is -2.42. The van der Waals surface area contributed by atoms with Crippen LogP contribution >= 0.6 is 0 Å². The van der Waals surface area contributed by atoms with Gasteiger partial charge in [-0.05, 0) is 49.5 Å². The second kappa shape index (κ2) is 8.76. The number of rotatable bonds is 6. The quantitative estimate of drug-likeness (QED) is 0.343. The zero-order valence-electron chi connectivity index (χ0n) is 19.4. The molecule has 2 heterocycles. The number of imidazole rings is 1. The summed E-state index contributed by atoms with van der Waals surface area (Å²) in [5.41, 5.74) is 12.0. The molecule has 1 aliphatic rings. The minimum absolute atomic E-state index is 0.518. The molecule has 7 nitrogen and oxygen atoms in total. The first-order valence-electron chi connectivity index (χ1n) is 11.5. The maximum Gasteiger partial charge on any atom is 0.405 e. The van der Waals surface area contributed by atoms with Crippen molar-refractivity contribution < 1.29 is 14.7 Å². The van der Waals surface area contributed by atoms with E-state index in [1.54, 1.807) is 6.08 Å². The molecule has 1 saturated carbocycles. The Bertz CT molecular complexity index is 1450. The second-order valence-electron chi connectivity index (χ2n) is 9.02. The van der Waals surface area contributed by atoms with Gasteiger partial charge in [0.1, 0.15) is 5.65 Å². The van der Waals surface area contributed by atoms with Crippen molar-refractivity contribution in [1.82, 2.24) is 14.7 Å². The van der Waals surface area contributed by atoms with Gasteiger partial charge in [0.15, 0.2) is 0 Å². The number of hydrogen-bond acceptors (Lipinski definition) is 3. The molecule has 0 radical (unpaired) electrons. The van der Waals surface area contributed by atoms with Gasteiger partial charge in [-0.1, -0.05) is 54.6 Å². The number of carbonyl (C=O) groups is 2. The van der Waals surface area contributed by atoms with Crippen LogP contribution in [0.5, 0.6) is 0 Å². The van der Waals surface area contributed by atoms with Gasteiger partial charge in [-0.2, -0.15) is 0 Å². The van der Waals surface area contributed by atoms with E-state index in [9.17, 15) is 14.7 Å². The Kier molecular flexibility index (Phi) is 5.61. The second-order valence-corrected chi connectivity index (χ2v) is 9.02. The summed E-state index contributed by atoms with van der Waals surface area (Å²) in [5.74, 6) is -0.518. The van der Waals surface area contributed by atoms with Crippen LogP contribution in [0.15, 0.2) is 72.9 Å². The van der Waals surface area contributed by atoms with Crippen LogP contribution in [0.3, 0.4) is 0 Å². The smallest absolute Gasteiger partial charge is 0.405 e. The number of benzene rings is 2. The summed E-state index contributed by atoms with van der Waals surface area (Å²) in [6, 6.07) is 20.0. The number of nitrogens with one attached hydrogen (secondary N) is 1. The Balaban J connectivity index is 1.68. The summed E-state index contributed by atoms with van der Waals surface area (Å²) in [5, 5.41) is 12.0. The van der Waals surface area contributed by atoms with E-state index in [2.05, 4.69) is 5.32 Å². The molecule has 35 heavy (non-hydrogen) atoms. The third-order valence-electron chi connectivity index (χ3n) is 6.62. The third-order valence-corrected chi connectivity index (χ3v) is 6.62. The SMILES string of the molecule is Cc1cc(/C=C/C(N)=O)c2nc(-c3ccc(C4(NC(=O)O)CCC4)cc3)c(-c3ccccc3)n2c1. The number of amides is 2. The molecule has 0 spiro atoms. The van der Waals surface area contributed by atoms with Gasteiger partial charge < -0.3 is 16.2 Å². The molecule has 4 N–H and O–H groups in total. The topological polar surface area (TPSA) is 110 Å². The van der Waals surface area contributed by atoms with Crippen molar-refractivity contribution >= 4 is 23.7 Å². The molecular weight excluding hydrogens is 440 g/mol. The van der Waals surface area contributed by atoms with E-state index in [1.165, 1.54) is 6.08 Å². The molecule has 0 bridgehead atoms. The molecule has 2 aromatic heterocycles. The Hall–Kier alpha value is -4.39. The highest BCUT2D eigenvalue weighted by Crippen LogP contribution is 2.42. The fourth-order valence-electron chi connectivity index (χ4n) is 4.85. The first-order chi connectivity index (χ1) is 16.9. The number of primary amides is 1. The number of nitrogens with two attached hydrogens (primary N) is 1. The van der Waals surface area contributed by atoms with Crippen molar-refractivity contribution in [2.75, 3.05) is 0 Å². The minimum Gasteiger partial charge on any atom is -0.465 e. The molecule has 0 unspecified atom stereocenters. The Morgan fingerprint density at radius 3 is 2.40 bits per heavy atom. The molecule has 2 aromatic carbocycles. The maximum atomic E-state index is 11.4. The minimum atomic E-state index is -1.01. The average molecular weight is 467 g/mol. The Labute approximate surface area is 202 Å². The number of hydrogen-bond donors (Lipinski definition) is 3. The first kappa shape index (κ1) is 22.4. The highest BCUT2D eigenvalue weighted by molar-refractivity contribution is 5.92. The molecule has 1 aliphatic carbocycles. The van der Waals surface area contributed by atoms with E-state index < -0.39 is 17.5 Å². The third kappa shape index (κ3) is 4.17. The van der Waals surface area contributed by atoms with E-state index in [1.807, 2.05) is 78.2 Å². The average Bonchev–Trinajstić information content (AvgIpc) is 3.19. The zero-order valence-corrected chi connectivity index (χ0v) is 19.4. The lowest BCUT2D eigenvalue weighted by molar-refractivity contribution is -0.113. The van der Waals surface area contributed by atoms with Gasteiger partial charge in [-0.15, -0.1) is 0 Å². The fourth-order valence-corrected chi connectivity index (χ4v) is 4.85. The van der Waals surface area contributed by atoms with Crippen molar-refractivity contribution in [2.24, 2.45) is 5.73 Å². The summed E-state index contributed by atoms with van der Waals surface area (Å²) < 4.78 is 2.05. The lowest BCUT2D eigenvalue weighted by Crippen LogP contribution is -2.50. The molecule has 176 valence electrons. The first-order valence-corrected chi connectivity index (χ1v) is 11.5. The molecule has 5 rings (SSSR count). The van der Waals surface area contributed by atoms with Crippen molar-refractivity contribution in [3.05, 3.63) is 89.6 Å². The normalized spacial score (nSPS) is 14.7.